The fourth-order valence-electron chi connectivity index (χ4n) is 1.96. The molecular weight excluding hydrogens is 304 g/mol. The smallest absolute Gasteiger partial charge is 0.306 e. The van der Waals surface area contributed by atoms with Crippen molar-refractivity contribution in [3.63, 3.8) is 0 Å². The van der Waals surface area contributed by atoms with Gasteiger partial charge in [0.2, 0.25) is 0 Å². The number of ether oxygens (including phenoxy) is 2. The Balaban J connectivity index is 3.96. The van der Waals surface area contributed by atoms with Crippen molar-refractivity contribution in [3.8, 4) is 0 Å². The van der Waals surface area contributed by atoms with Crippen molar-refractivity contribution in [2.45, 2.75) is 67.2 Å². The van der Waals surface area contributed by atoms with Crippen molar-refractivity contribution in [3.05, 3.63) is 23.3 Å². The van der Waals surface area contributed by atoms with Crippen LogP contribution in [0.1, 0.15) is 67.2 Å². The standard InChI is InChI=1S/C20H34O4/c1-15(2)12-19(21)23-11-10-17(5)8-7-9-18(6)14-24-20(22)13-16(3)4/h9-10,15-16H,7-8,11-14H2,1-6H3/b17-10+,18-9+. The van der Waals surface area contributed by atoms with Crippen LogP contribution in [0.5, 0.6) is 0 Å². The van der Waals surface area contributed by atoms with Crippen molar-refractivity contribution in [1.82, 2.24) is 0 Å². The second kappa shape index (κ2) is 12.8. The Morgan fingerprint density at radius 3 is 1.92 bits per heavy atom. The first-order valence-electron chi connectivity index (χ1n) is 8.83. The van der Waals surface area contributed by atoms with Crippen LogP contribution >= 0.6 is 0 Å². The molecule has 0 aromatic carbocycles. The maximum Gasteiger partial charge on any atom is 0.306 e. The van der Waals surface area contributed by atoms with Gasteiger partial charge >= 0.3 is 11.9 Å². The molecule has 0 atom stereocenters. The van der Waals surface area contributed by atoms with Gasteiger partial charge in [-0.15, -0.1) is 0 Å². The largest absolute Gasteiger partial charge is 0.461 e. The van der Waals surface area contributed by atoms with Crippen molar-refractivity contribution in [1.29, 1.82) is 0 Å². The van der Waals surface area contributed by atoms with Crippen molar-refractivity contribution >= 4 is 11.9 Å². The number of carbonyl (C=O) groups excluding carboxylic acids is 2. The molecule has 0 aromatic heterocycles. The number of hydrogen-bond acceptors (Lipinski definition) is 4. The molecule has 0 rings (SSSR count). The molecule has 4 nitrogen and oxygen atoms in total. The van der Waals surface area contributed by atoms with E-state index in [1.165, 1.54) is 5.57 Å². The molecule has 24 heavy (non-hydrogen) atoms. The fraction of sp³-hybridized carbons (Fsp3) is 0.700. The lowest BCUT2D eigenvalue weighted by atomic mass is 10.1. The van der Waals surface area contributed by atoms with Crippen LogP contribution in [0.4, 0.5) is 0 Å². The van der Waals surface area contributed by atoms with Crippen molar-refractivity contribution in [2.75, 3.05) is 13.2 Å². The van der Waals surface area contributed by atoms with Gasteiger partial charge in [0.05, 0.1) is 0 Å². The second-order valence-electron chi connectivity index (χ2n) is 7.18. The average Bonchev–Trinajstić information content (AvgIpc) is 2.43. The summed E-state index contributed by atoms with van der Waals surface area (Å²) in [6, 6.07) is 0. The van der Waals surface area contributed by atoms with Crippen LogP contribution < -0.4 is 0 Å². The molecule has 0 radical (unpaired) electrons. The third kappa shape index (κ3) is 14.0. The zero-order valence-corrected chi connectivity index (χ0v) is 16.2. The highest BCUT2D eigenvalue weighted by atomic mass is 16.5. The van der Waals surface area contributed by atoms with E-state index in [4.69, 9.17) is 9.47 Å². The topological polar surface area (TPSA) is 52.6 Å². The van der Waals surface area contributed by atoms with E-state index in [0.29, 0.717) is 37.9 Å². The number of hydrogen-bond donors (Lipinski definition) is 0. The molecule has 0 saturated heterocycles. The van der Waals surface area contributed by atoms with E-state index < -0.39 is 0 Å². The third-order valence-electron chi connectivity index (χ3n) is 3.32. The molecule has 0 aliphatic rings. The molecule has 0 fully saturated rings. The summed E-state index contributed by atoms with van der Waals surface area (Å²) in [5, 5.41) is 0. The van der Waals surface area contributed by atoms with Gasteiger partial charge in [0.15, 0.2) is 0 Å². The van der Waals surface area contributed by atoms with Crippen LogP contribution in [0.25, 0.3) is 0 Å². The fourth-order valence-corrected chi connectivity index (χ4v) is 1.96. The van der Waals surface area contributed by atoms with Crippen LogP contribution in [0.2, 0.25) is 0 Å². The Hall–Kier alpha value is -1.58. The Morgan fingerprint density at radius 2 is 1.38 bits per heavy atom. The van der Waals surface area contributed by atoms with E-state index in [0.717, 1.165) is 18.4 Å². The maximum absolute atomic E-state index is 11.5. The number of allylic oxidation sites excluding steroid dienone is 2. The monoisotopic (exact) mass is 338 g/mol. The molecule has 4 heteroatoms. The Morgan fingerprint density at radius 1 is 0.833 bits per heavy atom. The summed E-state index contributed by atoms with van der Waals surface area (Å²) in [5.74, 6) is 0.361. The lowest BCUT2D eigenvalue weighted by molar-refractivity contribution is -0.144. The lowest BCUT2D eigenvalue weighted by Gasteiger charge is -2.07. The van der Waals surface area contributed by atoms with Gasteiger partial charge in [0, 0.05) is 12.8 Å². The van der Waals surface area contributed by atoms with Gasteiger partial charge in [0.25, 0.3) is 0 Å². The highest BCUT2D eigenvalue weighted by molar-refractivity contribution is 5.70. The van der Waals surface area contributed by atoms with Gasteiger partial charge < -0.3 is 9.47 Å². The maximum atomic E-state index is 11.5. The Bertz CT molecular complexity index is 445. The summed E-state index contributed by atoms with van der Waals surface area (Å²) in [6.07, 6.45) is 6.75. The van der Waals surface area contributed by atoms with Crippen LogP contribution in [0.3, 0.4) is 0 Å². The molecule has 0 N–H and O–H groups in total. The number of esters is 2. The van der Waals surface area contributed by atoms with E-state index in [-0.39, 0.29) is 11.9 Å². The first-order valence-corrected chi connectivity index (χ1v) is 8.83. The molecule has 0 aliphatic heterocycles. The first-order chi connectivity index (χ1) is 11.2. The summed E-state index contributed by atoms with van der Waals surface area (Å²) < 4.78 is 10.4. The third-order valence-corrected chi connectivity index (χ3v) is 3.32. The predicted octanol–water partition coefficient (Wildman–Crippen LogP) is 4.84. The van der Waals surface area contributed by atoms with Crippen LogP contribution in [-0.4, -0.2) is 25.2 Å². The van der Waals surface area contributed by atoms with Crippen LogP contribution in [0, 0.1) is 11.8 Å². The van der Waals surface area contributed by atoms with Crippen LogP contribution in [0.15, 0.2) is 23.3 Å². The van der Waals surface area contributed by atoms with Crippen molar-refractivity contribution < 1.29 is 19.1 Å². The van der Waals surface area contributed by atoms with E-state index in [1.807, 2.05) is 47.6 Å². The van der Waals surface area contributed by atoms with Gasteiger partial charge in [-0.05, 0) is 50.2 Å². The molecule has 0 bridgehead atoms. The molecule has 0 spiro atoms. The molecule has 0 saturated carbocycles. The summed E-state index contributed by atoms with van der Waals surface area (Å²) >= 11 is 0. The molecule has 0 aromatic rings. The SMILES string of the molecule is C/C(=C\COC(=O)CC(C)C)CC/C=C(\C)COC(=O)CC(C)C. The summed E-state index contributed by atoms with van der Waals surface area (Å²) in [5.41, 5.74) is 2.25. The minimum Gasteiger partial charge on any atom is -0.461 e. The van der Waals surface area contributed by atoms with Gasteiger partial charge in [-0.2, -0.15) is 0 Å². The molecule has 138 valence electrons. The molecule has 0 unspecified atom stereocenters. The first kappa shape index (κ1) is 22.4. The minimum atomic E-state index is -0.145. The summed E-state index contributed by atoms with van der Waals surface area (Å²) in [6.45, 7) is 12.7. The van der Waals surface area contributed by atoms with E-state index in [1.54, 1.807) is 0 Å². The number of rotatable bonds is 11. The zero-order valence-electron chi connectivity index (χ0n) is 16.2. The number of carbonyl (C=O) groups is 2. The van der Waals surface area contributed by atoms with Gasteiger partial charge in [0.1, 0.15) is 13.2 Å². The van der Waals surface area contributed by atoms with E-state index >= 15 is 0 Å². The summed E-state index contributed by atoms with van der Waals surface area (Å²) in [7, 11) is 0. The lowest BCUT2D eigenvalue weighted by Crippen LogP contribution is -2.09. The van der Waals surface area contributed by atoms with Crippen molar-refractivity contribution in [2.24, 2.45) is 11.8 Å². The van der Waals surface area contributed by atoms with Gasteiger partial charge in [-0.3, -0.25) is 9.59 Å². The van der Waals surface area contributed by atoms with Gasteiger partial charge in [-0.25, -0.2) is 0 Å². The normalized spacial score (nSPS) is 12.7. The Kier molecular flexibility index (Phi) is 12.0. The second-order valence-corrected chi connectivity index (χ2v) is 7.18. The average molecular weight is 338 g/mol. The van der Waals surface area contributed by atoms with E-state index in [2.05, 4.69) is 6.08 Å². The minimum absolute atomic E-state index is 0.142. The highest BCUT2D eigenvalue weighted by Gasteiger charge is 2.06. The molecular formula is C20H34O4. The zero-order chi connectivity index (χ0) is 18.5. The predicted molar refractivity (Wildman–Crippen MR) is 97.6 cm³/mol. The Labute approximate surface area is 147 Å². The van der Waals surface area contributed by atoms with Gasteiger partial charge in [-0.1, -0.05) is 39.3 Å². The quantitative estimate of drug-likeness (QED) is 0.400. The van der Waals surface area contributed by atoms with Crippen LogP contribution in [-0.2, 0) is 19.1 Å². The summed E-state index contributed by atoms with van der Waals surface area (Å²) in [4.78, 5) is 22.9. The molecule has 0 heterocycles. The highest BCUT2D eigenvalue weighted by Crippen LogP contribution is 2.09. The molecule has 0 amide bonds. The molecule has 0 aliphatic carbocycles. The van der Waals surface area contributed by atoms with E-state index in [9.17, 15) is 9.59 Å².